The molecule has 1 heterocycles. The van der Waals surface area contributed by atoms with Crippen molar-refractivity contribution in [3.8, 4) is 11.1 Å². The highest BCUT2D eigenvalue weighted by atomic mass is 32.2. The second-order valence-corrected chi connectivity index (χ2v) is 9.61. The number of nitrogens with two attached hydrogens (primary N) is 1. The van der Waals surface area contributed by atoms with Gasteiger partial charge in [-0.05, 0) is 41.7 Å². The molecule has 0 bridgehead atoms. The van der Waals surface area contributed by atoms with Gasteiger partial charge in [0.1, 0.15) is 12.1 Å². The topological polar surface area (TPSA) is 105 Å². The number of benzene rings is 2. The van der Waals surface area contributed by atoms with Crippen LogP contribution < -0.4 is 15.8 Å². The van der Waals surface area contributed by atoms with E-state index in [9.17, 15) is 14.4 Å². The largest absolute Gasteiger partial charge is 0.368 e. The smallest absolute Gasteiger partial charge is 0.243 e. The second kappa shape index (κ2) is 12.0. The van der Waals surface area contributed by atoms with E-state index in [0.717, 1.165) is 23.1 Å². The van der Waals surface area contributed by atoms with E-state index in [1.165, 1.54) is 11.9 Å². The molecule has 0 aromatic heterocycles. The maximum Gasteiger partial charge on any atom is 0.243 e. The summed E-state index contributed by atoms with van der Waals surface area (Å²) >= 11 is 1.39. The zero-order valence-corrected chi connectivity index (χ0v) is 20.8. The summed E-state index contributed by atoms with van der Waals surface area (Å²) < 4.78 is 3.15. The van der Waals surface area contributed by atoms with E-state index < -0.39 is 18.0 Å². The standard InChI is InChI=1S/C26H34N4O3S/c1-17(2)23(29-34-3)26(33)30-15-7-10-22(30)25(32)28-21(24(27)31)16-18-11-13-20(14-12-18)19-8-5-4-6-9-19/h4-6,8-9,11-14,17,21-23,29H,7,10,15-16H2,1-3H3,(H2,27,31)(H,28,32)/t21-,22?,23?/m1/s1. The molecule has 2 aromatic carbocycles. The summed E-state index contributed by atoms with van der Waals surface area (Å²) in [5.74, 6) is -0.932. The Morgan fingerprint density at radius 3 is 2.29 bits per heavy atom. The Balaban J connectivity index is 1.67. The van der Waals surface area contributed by atoms with Gasteiger partial charge in [-0.3, -0.25) is 19.1 Å². The summed E-state index contributed by atoms with van der Waals surface area (Å²) in [5.41, 5.74) is 8.70. The fraction of sp³-hybridized carbons (Fsp3) is 0.423. The molecule has 1 saturated heterocycles. The first-order valence-corrected chi connectivity index (χ1v) is 12.9. The molecule has 34 heavy (non-hydrogen) atoms. The van der Waals surface area contributed by atoms with Crippen LogP contribution in [-0.2, 0) is 20.8 Å². The Morgan fingerprint density at radius 2 is 1.71 bits per heavy atom. The molecular formula is C26H34N4O3S. The first-order chi connectivity index (χ1) is 16.3. The molecule has 1 aliphatic heterocycles. The number of likely N-dealkylation sites (tertiary alicyclic amines) is 1. The van der Waals surface area contributed by atoms with Crippen molar-refractivity contribution in [2.45, 2.75) is 51.2 Å². The van der Waals surface area contributed by atoms with Crippen molar-refractivity contribution in [3.63, 3.8) is 0 Å². The minimum atomic E-state index is -0.849. The molecule has 3 atom stereocenters. The van der Waals surface area contributed by atoms with Crippen molar-refractivity contribution in [1.29, 1.82) is 0 Å². The molecule has 0 aliphatic carbocycles. The lowest BCUT2D eigenvalue weighted by atomic mass is 10.00. The molecular weight excluding hydrogens is 448 g/mol. The average Bonchev–Trinajstić information content (AvgIpc) is 3.32. The Morgan fingerprint density at radius 1 is 1.06 bits per heavy atom. The fourth-order valence-corrected chi connectivity index (χ4v) is 4.90. The number of hydrogen-bond acceptors (Lipinski definition) is 5. The minimum Gasteiger partial charge on any atom is -0.368 e. The van der Waals surface area contributed by atoms with E-state index >= 15 is 0 Å². The van der Waals surface area contributed by atoms with Crippen LogP contribution in [0.2, 0.25) is 0 Å². The van der Waals surface area contributed by atoms with E-state index in [1.807, 2.05) is 74.7 Å². The van der Waals surface area contributed by atoms with Gasteiger partial charge < -0.3 is 16.0 Å². The highest BCUT2D eigenvalue weighted by Gasteiger charge is 2.38. The molecule has 3 rings (SSSR count). The van der Waals surface area contributed by atoms with Crippen molar-refractivity contribution < 1.29 is 14.4 Å². The van der Waals surface area contributed by atoms with Crippen LogP contribution in [0.1, 0.15) is 32.3 Å². The lowest BCUT2D eigenvalue weighted by Gasteiger charge is -2.30. The third-order valence-electron chi connectivity index (χ3n) is 6.18. The molecule has 7 nitrogen and oxygen atoms in total. The first-order valence-electron chi connectivity index (χ1n) is 11.6. The molecule has 2 unspecified atom stereocenters. The molecule has 1 fully saturated rings. The molecule has 0 spiro atoms. The highest BCUT2D eigenvalue weighted by Crippen LogP contribution is 2.22. The lowest BCUT2D eigenvalue weighted by molar-refractivity contribution is -0.141. The Hall–Kier alpha value is -2.84. The molecule has 0 radical (unpaired) electrons. The third-order valence-corrected chi connectivity index (χ3v) is 6.67. The maximum absolute atomic E-state index is 13.1. The molecule has 182 valence electrons. The van der Waals surface area contributed by atoms with Crippen LogP contribution in [0.3, 0.4) is 0 Å². The SMILES string of the molecule is CSNC(C(=O)N1CCCC1C(=O)N[C@H](Cc1ccc(-c2ccccc2)cc1)C(N)=O)C(C)C. The van der Waals surface area contributed by atoms with Crippen LogP contribution >= 0.6 is 11.9 Å². The predicted octanol–water partition coefficient (Wildman–Crippen LogP) is 2.75. The normalized spacial score (nSPS) is 17.4. The lowest BCUT2D eigenvalue weighted by Crippen LogP contribution is -2.56. The first kappa shape index (κ1) is 25.8. The number of carbonyl (C=O) groups is 3. The minimum absolute atomic E-state index is 0.0847. The third kappa shape index (κ3) is 6.39. The van der Waals surface area contributed by atoms with Crippen molar-refractivity contribution >= 4 is 29.7 Å². The van der Waals surface area contributed by atoms with Crippen molar-refractivity contribution in [1.82, 2.24) is 14.9 Å². The Bertz CT molecular complexity index is 981. The van der Waals surface area contributed by atoms with Crippen molar-refractivity contribution in [2.75, 3.05) is 12.8 Å². The zero-order chi connectivity index (χ0) is 24.7. The quantitative estimate of drug-likeness (QED) is 0.452. The molecule has 0 saturated carbocycles. The van der Waals surface area contributed by atoms with Gasteiger partial charge in [-0.1, -0.05) is 80.4 Å². The molecule has 3 amide bonds. The highest BCUT2D eigenvalue weighted by molar-refractivity contribution is 7.96. The van der Waals surface area contributed by atoms with Crippen LogP contribution in [0.25, 0.3) is 11.1 Å². The van der Waals surface area contributed by atoms with E-state index in [1.54, 1.807) is 4.90 Å². The van der Waals surface area contributed by atoms with Gasteiger partial charge in [0.25, 0.3) is 0 Å². The van der Waals surface area contributed by atoms with Crippen LogP contribution in [0.5, 0.6) is 0 Å². The van der Waals surface area contributed by atoms with Crippen LogP contribution in [0.4, 0.5) is 0 Å². The number of rotatable bonds is 10. The van der Waals surface area contributed by atoms with Gasteiger partial charge >= 0.3 is 0 Å². The van der Waals surface area contributed by atoms with E-state index in [-0.39, 0.29) is 23.8 Å². The summed E-state index contributed by atoms with van der Waals surface area (Å²) in [5, 5.41) is 2.81. The molecule has 2 aromatic rings. The summed E-state index contributed by atoms with van der Waals surface area (Å²) in [6.07, 6.45) is 3.48. The number of carbonyl (C=O) groups excluding carboxylic acids is 3. The van der Waals surface area contributed by atoms with Crippen LogP contribution in [-0.4, -0.2) is 53.5 Å². The number of nitrogens with one attached hydrogen (secondary N) is 2. The van der Waals surface area contributed by atoms with Crippen LogP contribution in [0, 0.1) is 5.92 Å². The van der Waals surface area contributed by atoms with Gasteiger partial charge in [-0.25, -0.2) is 0 Å². The summed E-state index contributed by atoms with van der Waals surface area (Å²) in [6.45, 7) is 4.48. The van der Waals surface area contributed by atoms with Crippen LogP contribution in [0.15, 0.2) is 54.6 Å². The average molecular weight is 483 g/mol. The summed E-state index contributed by atoms with van der Waals surface area (Å²) in [4.78, 5) is 40.0. The number of hydrogen-bond donors (Lipinski definition) is 3. The van der Waals surface area contributed by atoms with Gasteiger partial charge in [0.05, 0.1) is 6.04 Å². The monoisotopic (exact) mass is 482 g/mol. The number of nitrogens with zero attached hydrogens (tertiary/aromatic N) is 1. The summed E-state index contributed by atoms with van der Waals surface area (Å²) in [7, 11) is 0. The van der Waals surface area contributed by atoms with Crippen molar-refractivity contribution in [2.24, 2.45) is 11.7 Å². The van der Waals surface area contributed by atoms with Gasteiger partial charge in [0.15, 0.2) is 0 Å². The van der Waals surface area contributed by atoms with Gasteiger partial charge in [-0.15, -0.1) is 0 Å². The maximum atomic E-state index is 13.1. The van der Waals surface area contributed by atoms with Gasteiger partial charge in [0, 0.05) is 13.0 Å². The number of primary amides is 1. The molecule has 8 heteroatoms. The Labute approximate surface area is 206 Å². The Kier molecular flexibility index (Phi) is 9.12. The van der Waals surface area contributed by atoms with E-state index in [4.69, 9.17) is 5.73 Å². The zero-order valence-electron chi connectivity index (χ0n) is 20.0. The van der Waals surface area contributed by atoms with Crippen molar-refractivity contribution in [3.05, 3.63) is 60.2 Å². The van der Waals surface area contributed by atoms with Gasteiger partial charge in [0.2, 0.25) is 17.7 Å². The van der Waals surface area contributed by atoms with E-state index in [2.05, 4.69) is 10.0 Å². The van der Waals surface area contributed by atoms with Gasteiger partial charge in [-0.2, -0.15) is 0 Å². The van der Waals surface area contributed by atoms with E-state index in [0.29, 0.717) is 19.4 Å². The summed E-state index contributed by atoms with van der Waals surface area (Å²) in [6, 6.07) is 16.1. The number of amides is 3. The fourth-order valence-electron chi connectivity index (χ4n) is 4.27. The second-order valence-electron chi connectivity index (χ2n) is 8.96. The molecule has 4 N–H and O–H groups in total. The predicted molar refractivity (Wildman–Crippen MR) is 137 cm³/mol. The molecule has 1 aliphatic rings.